The fourth-order valence-corrected chi connectivity index (χ4v) is 2.55. The average molecular weight is 272 g/mol. The average Bonchev–Trinajstić information content (AvgIpc) is 2.16. The van der Waals surface area contributed by atoms with E-state index in [9.17, 15) is 13.2 Å². The zero-order valence-electron chi connectivity index (χ0n) is 8.79. The highest BCUT2D eigenvalue weighted by molar-refractivity contribution is 8.00. The van der Waals surface area contributed by atoms with Crippen molar-refractivity contribution in [2.45, 2.75) is 18.3 Å². The Morgan fingerprint density at radius 3 is 2.75 bits per heavy atom. The third-order valence-corrected chi connectivity index (χ3v) is 3.63. The number of alkyl halides is 3. The summed E-state index contributed by atoms with van der Waals surface area (Å²) < 4.78 is 35.8. The fraction of sp³-hybridized carbons (Fsp3) is 0.889. The molecule has 0 amide bonds. The molecule has 0 radical (unpaired) electrons. The first-order valence-electron chi connectivity index (χ1n) is 5.11. The van der Waals surface area contributed by atoms with E-state index in [2.05, 4.69) is 0 Å². The number of nitrogens with zero attached hydrogens (tertiary/aromatic N) is 1. The second-order valence-corrected chi connectivity index (χ2v) is 5.47. The van der Waals surface area contributed by atoms with Gasteiger partial charge in [0, 0.05) is 24.8 Å². The monoisotopic (exact) mass is 272 g/mol. The fourth-order valence-electron chi connectivity index (χ4n) is 1.78. The van der Waals surface area contributed by atoms with Crippen LogP contribution in [0.2, 0.25) is 0 Å². The number of thioether (sulfide) groups is 1. The highest BCUT2D eigenvalue weighted by atomic mass is 32.2. The molecule has 1 fully saturated rings. The molecule has 1 atom stereocenters. The van der Waals surface area contributed by atoms with Crippen LogP contribution in [-0.4, -0.2) is 40.8 Å². The van der Waals surface area contributed by atoms with Crippen molar-refractivity contribution in [2.75, 3.05) is 25.4 Å². The van der Waals surface area contributed by atoms with Gasteiger partial charge in [0.05, 0.1) is 4.99 Å². The normalized spacial score (nSPS) is 23.3. The molecule has 2 N–H and O–H groups in total. The van der Waals surface area contributed by atoms with E-state index in [1.807, 2.05) is 4.90 Å². The van der Waals surface area contributed by atoms with Crippen LogP contribution in [0.25, 0.3) is 0 Å². The maximum Gasteiger partial charge on any atom is 0.441 e. The van der Waals surface area contributed by atoms with E-state index in [0.29, 0.717) is 18.1 Å². The lowest BCUT2D eigenvalue weighted by Gasteiger charge is -2.32. The molecule has 0 aromatic rings. The van der Waals surface area contributed by atoms with Crippen molar-refractivity contribution in [3.05, 3.63) is 0 Å². The molecule has 1 aliphatic heterocycles. The van der Waals surface area contributed by atoms with Crippen molar-refractivity contribution < 1.29 is 13.2 Å². The molecular weight excluding hydrogens is 257 g/mol. The SMILES string of the molecule is NC(=S)C1CCCN(CCSC(F)(F)F)C1. The summed E-state index contributed by atoms with van der Waals surface area (Å²) in [6, 6.07) is 0. The van der Waals surface area contributed by atoms with E-state index in [0.717, 1.165) is 19.4 Å². The van der Waals surface area contributed by atoms with Crippen LogP contribution < -0.4 is 5.73 Å². The molecule has 1 unspecified atom stereocenters. The lowest BCUT2D eigenvalue weighted by atomic mass is 9.98. The van der Waals surface area contributed by atoms with Gasteiger partial charge in [-0.1, -0.05) is 12.2 Å². The molecule has 0 bridgehead atoms. The summed E-state index contributed by atoms with van der Waals surface area (Å²) >= 11 is 4.94. The molecule has 1 heterocycles. The summed E-state index contributed by atoms with van der Waals surface area (Å²) in [7, 11) is 0. The topological polar surface area (TPSA) is 29.3 Å². The lowest BCUT2D eigenvalue weighted by Crippen LogP contribution is -2.41. The van der Waals surface area contributed by atoms with Gasteiger partial charge in [-0.15, -0.1) is 0 Å². The molecule has 0 aromatic heterocycles. The van der Waals surface area contributed by atoms with Gasteiger partial charge in [-0.05, 0) is 31.1 Å². The number of likely N-dealkylation sites (tertiary alicyclic amines) is 1. The highest BCUT2D eigenvalue weighted by Gasteiger charge is 2.28. The molecule has 0 saturated carbocycles. The van der Waals surface area contributed by atoms with Gasteiger partial charge in [-0.25, -0.2) is 0 Å². The van der Waals surface area contributed by atoms with E-state index in [1.165, 1.54) is 0 Å². The molecule has 2 nitrogen and oxygen atoms in total. The van der Waals surface area contributed by atoms with Crippen molar-refractivity contribution in [1.29, 1.82) is 0 Å². The van der Waals surface area contributed by atoms with Crippen molar-refractivity contribution >= 4 is 29.0 Å². The van der Waals surface area contributed by atoms with Gasteiger partial charge in [-0.2, -0.15) is 13.2 Å². The van der Waals surface area contributed by atoms with E-state index < -0.39 is 5.51 Å². The van der Waals surface area contributed by atoms with Crippen LogP contribution in [0.15, 0.2) is 0 Å². The van der Waals surface area contributed by atoms with Gasteiger partial charge in [0.1, 0.15) is 0 Å². The molecular formula is C9H15F3N2S2. The van der Waals surface area contributed by atoms with Gasteiger partial charge in [0.25, 0.3) is 0 Å². The molecule has 0 spiro atoms. The summed E-state index contributed by atoms with van der Waals surface area (Å²) in [5, 5.41) is 0. The molecule has 1 rings (SSSR count). The number of piperidine rings is 1. The zero-order valence-corrected chi connectivity index (χ0v) is 10.4. The van der Waals surface area contributed by atoms with Gasteiger partial charge in [0.2, 0.25) is 0 Å². The summed E-state index contributed by atoms with van der Waals surface area (Å²) in [4.78, 5) is 2.49. The minimum Gasteiger partial charge on any atom is -0.393 e. The summed E-state index contributed by atoms with van der Waals surface area (Å²) in [5.74, 6) is 0.243. The van der Waals surface area contributed by atoms with Gasteiger partial charge < -0.3 is 10.6 Å². The minimum absolute atomic E-state index is 0.0311. The number of thiocarbonyl (C=S) groups is 1. The van der Waals surface area contributed by atoms with Gasteiger partial charge in [0.15, 0.2) is 0 Å². The second-order valence-electron chi connectivity index (χ2n) is 3.84. The third-order valence-electron chi connectivity index (χ3n) is 2.58. The molecule has 1 saturated heterocycles. The summed E-state index contributed by atoms with van der Waals surface area (Å²) in [6.45, 7) is 1.99. The Hall–Kier alpha value is -0.0100. The van der Waals surface area contributed by atoms with Crippen LogP contribution >= 0.6 is 24.0 Å². The van der Waals surface area contributed by atoms with Crippen molar-refractivity contribution in [3.63, 3.8) is 0 Å². The predicted molar refractivity (Wildman–Crippen MR) is 64.5 cm³/mol. The lowest BCUT2D eigenvalue weighted by molar-refractivity contribution is -0.0329. The Morgan fingerprint density at radius 1 is 1.50 bits per heavy atom. The van der Waals surface area contributed by atoms with Gasteiger partial charge in [-0.3, -0.25) is 0 Å². The molecule has 0 aliphatic carbocycles. The van der Waals surface area contributed by atoms with E-state index in [4.69, 9.17) is 18.0 Å². The summed E-state index contributed by atoms with van der Waals surface area (Å²) in [5.41, 5.74) is 1.42. The third kappa shape index (κ3) is 5.36. The molecule has 0 aromatic carbocycles. The Morgan fingerprint density at radius 2 is 2.19 bits per heavy atom. The number of hydrogen-bond donors (Lipinski definition) is 1. The van der Waals surface area contributed by atoms with E-state index in [-0.39, 0.29) is 23.4 Å². The number of rotatable bonds is 4. The first kappa shape index (κ1) is 14.1. The van der Waals surface area contributed by atoms with Crippen LogP contribution in [0.5, 0.6) is 0 Å². The van der Waals surface area contributed by atoms with Crippen LogP contribution in [0.3, 0.4) is 0 Å². The molecule has 16 heavy (non-hydrogen) atoms. The van der Waals surface area contributed by atoms with Crippen LogP contribution in [0.4, 0.5) is 13.2 Å². The highest BCUT2D eigenvalue weighted by Crippen LogP contribution is 2.30. The Bertz CT molecular complexity index is 245. The van der Waals surface area contributed by atoms with Crippen molar-refractivity contribution in [1.82, 2.24) is 4.90 Å². The van der Waals surface area contributed by atoms with Gasteiger partial charge >= 0.3 is 5.51 Å². The first-order chi connectivity index (χ1) is 7.38. The largest absolute Gasteiger partial charge is 0.441 e. The van der Waals surface area contributed by atoms with Crippen molar-refractivity contribution in [2.24, 2.45) is 11.7 Å². The van der Waals surface area contributed by atoms with Crippen LogP contribution in [-0.2, 0) is 0 Å². The number of halogens is 3. The maximum absolute atomic E-state index is 11.9. The number of hydrogen-bond acceptors (Lipinski definition) is 3. The molecule has 94 valence electrons. The maximum atomic E-state index is 11.9. The molecule has 1 aliphatic rings. The Labute approximate surface area is 103 Å². The van der Waals surface area contributed by atoms with Crippen molar-refractivity contribution in [3.8, 4) is 0 Å². The summed E-state index contributed by atoms with van der Waals surface area (Å²) in [6.07, 6.45) is 1.91. The number of nitrogens with two attached hydrogens (primary N) is 1. The quantitative estimate of drug-likeness (QED) is 0.795. The van der Waals surface area contributed by atoms with E-state index >= 15 is 0 Å². The van der Waals surface area contributed by atoms with Crippen LogP contribution in [0.1, 0.15) is 12.8 Å². The first-order valence-corrected chi connectivity index (χ1v) is 6.50. The zero-order chi connectivity index (χ0) is 12.2. The second kappa shape index (κ2) is 6.07. The standard InChI is InChI=1S/C9H15F3N2S2/c10-9(11,12)16-5-4-14-3-1-2-7(6-14)8(13)15/h7H,1-6H2,(H2,13,15). The Kier molecular flexibility index (Phi) is 5.33. The predicted octanol–water partition coefficient (Wildman–Crippen LogP) is 2.24. The minimum atomic E-state index is -4.13. The smallest absolute Gasteiger partial charge is 0.393 e. The van der Waals surface area contributed by atoms with Crippen LogP contribution in [0, 0.1) is 5.92 Å². The van der Waals surface area contributed by atoms with E-state index in [1.54, 1.807) is 0 Å². The Balaban J connectivity index is 2.24. The molecule has 7 heteroatoms.